The van der Waals surface area contributed by atoms with E-state index in [1.807, 2.05) is 18.4 Å². The van der Waals surface area contributed by atoms with Crippen molar-refractivity contribution in [3.05, 3.63) is 21.9 Å². The average molecular weight is 498 g/mol. The summed E-state index contributed by atoms with van der Waals surface area (Å²) < 4.78 is 5.83. The molecule has 25 heavy (non-hydrogen) atoms. The number of guanidine groups is 1. The van der Waals surface area contributed by atoms with E-state index in [2.05, 4.69) is 60.3 Å². The van der Waals surface area contributed by atoms with Gasteiger partial charge in [-0.15, -0.1) is 35.3 Å². The second-order valence-electron chi connectivity index (χ2n) is 6.42. The van der Waals surface area contributed by atoms with Crippen molar-refractivity contribution >= 4 is 53.0 Å². The highest BCUT2D eigenvalue weighted by Crippen LogP contribution is 2.34. The van der Waals surface area contributed by atoms with Crippen molar-refractivity contribution in [1.82, 2.24) is 10.6 Å². The molecule has 0 spiro atoms. The number of aliphatic imine (C=N–C) groups is 1. The fraction of sp³-hybridized carbons (Fsp3) is 0.722. The van der Waals surface area contributed by atoms with Crippen LogP contribution in [0.2, 0.25) is 0 Å². The van der Waals surface area contributed by atoms with Crippen molar-refractivity contribution in [3.8, 4) is 0 Å². The Hall–Kier alpha value is 0.01000. The molecule has 0 aliphatic carbocycles. The zero-order valence-corrected chi connectivity index (χ0v) is 19.7. The van der Waals surface area contributed by atoms with Gasteiger partial charge in [0.1, 0.15) is 0 Å². The summed E-state index contributed by atoms with van der Waals surface area (Å²) in [6.07, 6.45) is 3.25. The number of nitrogens with zero attached hydrogens (tertiary/aromatic N) is 1. The van der Waals surface area contributed by atoms with Gasteiger partial charge in [0, 0.05) is 53.8 Å². The number of nitrogens with one attached hydrogen (secondary N) is 2. The molecule has 0 amide bonds. The van der Waals surface area contributed by atoms with Gasteiger partial charge in [-0.1, -0.05) is 6.92 Å². The molecular formula is C18H32IN3OS2. The maximum absolute atomic E-state index is 5.55. The summed E-state index contributed by atoms with van der Waals surface area (Å²) in [4.78, 5) is 7.20. The molecule has 1 atom stereocenters. The number of thiophene rings is 1. The van der Waals surface area contributed by atoms with Crippen LogP contribution in [0.4, 0.5) is 0 Å². The Morgan fingerprint density at radius 2 is 2.12 bits per heavy atom. The van der Waals surface area contributed by atoms with E-state index in [4.69, 9.17) is 4.74 Å². The zero-order chi connectivity index (χ0) is 17.4. The molecule has 1 aliphatic rings. The summed E-state index contributed by atoms with van der Waals surface area (Å²) in [5.74, 6) is 2.04. The normalized spacial score (nSPS) is 18.3. The van der Waals surface area contributed by atoms with Crippen LogP contribution in [0.25, 0.3) is 0 Å². The number of hydrogen-bond acceptors (Lipinski definition) is 4. The number of hydrogen-bond donors (Lipinski definition) is 2. The SMILES string of the molecule is CCSC1(CNC(=NC)NC(C)Cc2ccc(C)s2)CCOCC1.I. The summed E-state index contributed by atoms with van der Waals surface area (Å²) >= 11 is 3.93. The minimum absolute atomic E-state index is 0. The van der Waals surface area contributed by atoms with Gasteiger partial charge in [-0.3, -0.25) is 4.99 Å². The quantitative estimate of drug-likeness (QED) is 0.339. The standard InChI is InChI=1S/C18H31N3OS2.HI/c1-5-23-18(8-10-22-11-9-18)13-20-17(19-4)21-14(2)12-16-7-6-15(3)24-16;/h6-7,14H,5,8-13H2,1-4H3,(H2,19,20,21);1H. The molecular weight excluding hydrogens is 465 g/mol. The zero-order valence-electron chi connectivity index (χ0n) is 15.8. The van der Waals surface area contributed by atoms with Gasteiger partial charge in [-0.05, 0) is 44.6 Å². The van der Waals surface area contributed by atoms with Crippen LogP contribution in [0.15, 0.2) is 17.1 Å². The van der Waals surface area contributed by atoms with Gasteiger partial charge in [0.05, 0.1) is 0 Å². The molecule has 1 fully saturated rings. The van der Waals surface area contributed by atoms with E-state index >= 15 is 0 Å². The van der Waals surface area contributed by atoms with Crippen molar-refractivity contribution in [2.45, 2.75) is 50.8 Å². The Morgan fingerprint density at radius 3 is 2.68 bits per heavy atom. The first-order valence-corrected chi connectivity index (χ1v) is 10.6. The smallest absolute Gasteiger partial charge is 0.191 e. The lowest BCUT2D eigenvalue weighted by Gasteiger charge is -2.37. The third-order valence-corrected chi connectivity index (χ3v) is 6.82. The molecule has 2 N–H and O–H groups in total. The first-order chi connectivity index (χ1) is 11.6. The van der Waals surface area contributed by atoms with Crippen LogP contribution < -0.4 is 10.6 Å². The Balaban J connectivity index is 0.00000312. The lowest BCUT2D eigenvalue weighted by Crippen LogP contribution is -2.50. The lowest BCUT2D eigenvalue weighted by atomic mass is 9.99. The fourth-order valence-corrected chi connectivity index (χ4v) is 5.30. The largest absolute Gasteiger partial charge is 0.381 e. The van der Waals surface area contributed by atoms with E-state index in [1.54, 1.807) is 0 Å². The molecule has 1 saturated heterocycles. The average Bonchev–Trinajstić information content (AvgIpc) is 2.97. The van der Waals surface area contributed by atoms with Crippen LogP contribution in [0.5, 0.6) is 0 Å². The van der Waals surface area contributed by atoms with Crippen molar-refractivity contribution < 1.29 is 4.74 Å². The molecule has 144 valence electrons. The van der Waals surface area contributed by atoms with Gasteiger partial charge in [0.15, 0.2) is 5.96 Å². The topological polar surface area (TPSA) is 45.7 Å². The Kier molecular flexibility index (Phi) is 10.8. The lowest BCUT2D eigenvalue weighted by molar-refractivity contribution is 0.0782. The van der Waals surface area contributed by atoms with E-state index in [1.165, 1.54) is 9.75 Å². The number of aryl methyl sites for hydroxylation is 1. The predicted octanol–water partition coefficient (Wildman–Crippen LogP) is 4.07. The van der Waals surface area contributed by atoms with Crippen molar-refractivity contribution in [3.63, 3.8) is 0 Å². The fourth-order valence-electron chi connectivity index (χ4n) is 3.04. The summed E-state index contributed by atoms with van der Waals surface area (Å²) in [5, 5.41) is 7.08. The van der Waals surface area contributed by atoms with Gasteiger partial charge >= 0.3 is 0 Å². The molecule has 1 aliphatic heterocycles. The van der Waals surface area contributed by atoms with Crippen LogP contribution in [0.3, 0.4) is 0 Å². The van der Waals surface area contributed by atoms with Gasteiger partial charge in [-0.25, -0.2) is 0 Å². The molecule has 0 saturated carbocycles. The Morgan fingerprint density at radius 1 is 1.40 bits per heavy atom. The van der Waals surface area contributed by atoms with Crippen molar-refractivity contribution in [1.29, 1.82) is 0 Å². The molecule has 1 aromatic rings. The van der Waals surface area contributed by atoms with Gasteiger partial charge in [-0.2, -0.15) is 11.8 Å². The molecule has 7 heteroatoms. The van der Waals surface area contributed by atoms with Crippen LogP contribution >= 0.6 is 47.1 Å². The molecule has 0 bridgehead atoms. The molecule has 0 radical (unpaired) electrons. The van der Waals surface area contributed by atoms with Crippen LogP contribution in [-0.2, 0) is 11.2 Å². The van der Waals surface area contributed by atoms with E-state index in [0.29, 0.717) is 6.04 Å². The first kappa shape index (κ1) is 23.0. The predicted molar refractivity (Wildman–Crippen MR) is 123 cm³/mol. The van der Waals surface area contributed by atoms with E-state index < -0.39 is 0 Å². The summed E-state index contributed by atoms with van der Waals surface area (Å²) in [6, 6.07) is 4.78. The molecule has 2 heterocycles. The molecule has 1 unspecified atom stereocenters. The van der Waals surface area contributed by atoms with Gasteiger partial charge in [0.25, 0.3) is 0 Å². The number of halogens is 1. The van der Waals surface area contributed by atoms with Crippen LogP contribution in [-0.4, -0.2) is 49.3 Å². The number of ether oxygens (including phenoxy) is 1. The molecule has 1 aromatic heterocycles. The van der Waals surface area contributed by atoms with E-state index in [-0.39, 0.29) is 28.7 Å². The minimum Gasteiger partial charge on any atom is -0.381 e. The summed E-state index contributed by atoms with van der Waals surface area (Å²) in [7, 11) is 1.85. The van der Waals surface area contributed by atoms with Crippen molar-refractivity contribution in [2.24, 2.45) is 4.99 Å². The van der Waals surface area contributed by atoms with Gasteiger partial charge < -0.3 is 15.4 Å². The monoisotopic (exact) mass is 497 g/mol. The van der Waals surface area contributed by atoms with E-state index in [9.17, 15) is 0 Å². The molecule has 0 aromatic carbocycles. The van der Waals surface area contributed by atoms with E-state index in [0.717, 1.165) is 50.7 Å². The summed E-state index contributed by atoms with van der Waals surface area (Å²) in [5.41, 5.74) is 0. The number of thioether (sulfide) groups is 1. The highest BCUT2D eigenvalue weighted by atomic mass is 127. The third kappa shape index (κ3) is 7.64. The minimum atomic E-state index is 0. The Labute approximate surface area is 178 Å². The number of rotatable bonds is 7. The highest BCUT2D eigenvalue weighted by molar-refractivity contribution is 14.0. The molecule has 2 rings (SSSR count). The first-order valence-electron chi connectivity index (χ1n) is 8.81. The maximum Gasteiger partial charge on any atom is 0.191 e. The summed E-state index contributed by atoms with van der Waals surface area (Å²) in [6.45, 7) is 9.29. The highest BCUT2D eigenvalue weighted by Gasteiger charge is 2.32. The van der Waals surface area contributed by atoms with Crippen LogP contribution in [0, 0.1) is 6.92 Å². The van der Waals surface area contributed by atoms with Gasteiger partial charge in [0.2, 0.25) is 0 Å². The maximum atomic E-state index is 5.55. The second-order valence-corrected chi connectivity index (χ2v) is 9.52. The van der Waals surface area contributed by atoms with Crippen LogP contribution in [0.1, 0.15) is 36.4 Å². The van der Waals surface area contributed by atoms with Crippen molar-refractivity contribution in [2.75, 3.05) is 32.6 Å². The Bertz CT molecular complexity index is 525. The molecule has 4 nitrogen and oxygen atoms in total. The second kappa shape index (κ2) is 11.7. The third-order valence-electron chi connectivity index (χ3n) is 4.34.